The Balaban J connectivity index is 1.51. The van der Waals surface area contributed by atoms with Gasteiger partial charge in [-0.1, -0.05) is 0 Å². The maximum atomic E-state index is 10.7. The number of aromatic nitrogens is 2. The quantitative estimate of drug-likeness (QED) is 0.655. The summed E-state index contributed by atoms with van der Waals surface area (Å²) in [6.45, 7) is 5.30. The lowest BCUT2D eigenvalue weighted by atomic mass is 10.2. The van der Waals surface area contributed by atoms with E-state index in [2.05, 4.69) is 21.8 Å². The van der Waals surface area contributed by atoms with E-state index in [-0.39, 0.29) is 0 Å². The molecule has 1 saturated heterocycles. The molecular weight excluding hydrogens is 266 g/mol. The van der Waals surface area contributed by atoms with Crippen molar-refractivity contribution in [1.29, 1.82) is 0 Å². The van der Waals surface area contributed by atoms with Gasteiger partial charge in [0.05, 0.1) is 18.5 Å². The van der Waals surface area contributed by atoms with Gasteiger partial charge in [-0.15, -0.1) is 0 Å². The Morgan fingerprint density at radius 3 is 3.19 bits per heavy atom. The van der Waals surface area contributed by atoms with Gasteiger partial charge in [0, 0.05) is 18.0 Å². The van der Waals surface area contributed by atoms with E-state index in [1.807, 2.05) is 6.07 Å². The number of H-pyrrole nitrogens is 1. The van der Waals surface area contributed by atoms with E-state index in [9.17, 15) is 4.79 Å². The molecule has 2 aromatic heterocycles. The molecule has 0 radical (unpaired) electrons. The number of fused-ring (bicyclic) bond motifs is 1. The van der Waals surface area contributed by atoms with Gasteiger partial charge in [-0.05, 0) is 44.9 Å². The number of pyridine rings is 1. The summed E-state index contributed by atoms with van der Waals surface area (Å²) < 4.78 is 5.76. The van der Waals surface area contributed by atoms with E-state index in [0.29, 0.717) is 18.3 Å². The van der Waals surface area contributed by atoms with Crippen molar-refractivity contribution in [2.24, 2.45) is 0 Å². The fourth-order valence-corrected chi connectivity index (χ4v) is 2.94. The molecule has 5 heteroatoms. The van der Waals surface area contributed by atoms with E-state index < -0.39 is 0 Å². The first-order valence-corrected chi connectivity index (χ1v) is 7.57. The Hall–Kier alpha value is -1.88. The van der Waals surface area contributed by atoms with Crippen LogP contribution in [0.15, 0.2) is 18.3 Å². The van der Waals surface area contributed by atoms with Crippen molar-refractivity contribution >= 4 is 17.3 Å². The minimum absolute atomic E-state index is 0.540. The van der Waals surface area contributed by atoms with Crippen LogP contribution in [0.5, 0.6) is 5.75 Å². The molecule has 5 nitrogen and oxygen atoms in total. The van der Waals surface area contributed by atoms with Crippen molar-refractivity contribution in [2.45, 2.75) is 32.2 Å². The molecule has 0 bridgehead atoms. The number of hydrogen-bond donors (Lipinski definition) is 1. The minimum Gasteiger partial charge on any atom is -0.492 e. The molecule has 0 spiro atoms. The van der Waals surface area contributed by atoms with Crippen LogP contribution >= 0.6 is 0 Å². The summed E-state index contributed by atoms with van der Waals surface area (Å²) in [4.78, 5) is 20.5. The second-order valence-electron chi connectivity index (χ2n) is 5.68. The standard InChI is InChI=1S/C16H21N3O2/c1-12-4-2-5-19(12)6-3-7-21-15-9-13-8-14(11-20)18-16(13)17-10-15/h8-12H,2-7H2,1H3,(H,17,18)/t12-/m1/s1. The monoisotopic (exact) mass is 287 g/mol. The van der Waals surface area contributed by atoms with E-state index in [1.54, 1.807) is 12.3 Å². The number of hydrogen-bond acceptors (Lipinski definition) is 4. The van der Waals surface area contributed by atoms with Crippen molar-refractivity contribution in [3.05, 3.63) is 24.0 Å². The number of likely N-dealkylation sites (tertiary alicyclic amines) is 1. The molecule has 0 amide bonds. The fraction of sp³-hybridized carbons (Fsp3) is 0.500. The molecule has 1 aliphatic heterocycles. The molecule has 3 rings (SSSR count). The molecule has 0 aliphatic carbocycles. The van der Waals surface area contributed by atoms with Crippen molar-refractivity contribution in [2.75, 3.05) is 19.7 Å². The third-order valence-corrected chi connectivity index (χ3v) is 4.14. The van der Waals surface area contributed by atoms with Gasteiger partial charge in [0.2, 0.25) is 0 Å². The molecule has 1 N–H and O–H groups in total. The van der Waals surface area contributed by atoms with Crippen molar-refractivity contribution in [1.82, 2.24) is 14.9 Å². The molecular formula is C16H21N3O2. The largest absolute Gasteiger partial charge is 0.492 e. The molecule has 21 heavy (non-hydrogen) atoms. The molecule has 1 aliphatic rings. The van der Waals surface area contributed by atoms with Crippen LogP contribution in [0.3, 0.4) is 0 Å². The lowest BCUT2D eigenvalue weighted by Crippen LogP contribution is -2.28. The molecule has 112 valence electrons. The first-order chi connectivity index (χ1) is 10.3. The lowest BCUT2D eigenvalue weighted by molar-refractivity contribution is 0.111. The number of aldehydes is 1. The van der Waals surface area contributed by atoms with Gasteiger partial charge < -0.3 is 14.6 Å². The second kappa shape index (κ2) is 6.26. The molecule has 1 fully saturated rings. The van der Waals surface area contributed by atoms with Crippen LogP contribution in [0, 0.1) is 0 Å². The van der Waals surface area contributed by atoms with Crippen LogP contribution in [0.2, 0.25) is 0 Å². The Morgan fingerprint density at radius 2 is 2.43 bits per heavy atom. The maximum absolute atomic E-state index is 10.7. The van der Waals surface area contributed by atoms with Crippen molar-refractivity contribution < 1.29 is 9.53 Å². The summed E-state index contributed by atoms with van der Waals surface area (Å²) in [5, 5.41) is 0.905. The van der Waals surface area contributed by atoms with Crippen molar-refractivity contribution in [3.8, 4) is 5.75 Å². The van der Waals surface area contributed by atoms with Gasteiger partial charge in [-0.2, -0.15) is 0 Å². The number of carbonyl (C=O) groups excluding carboxylic acids is 1. The summed E-state index contributed by atoms with van der Waals surface area (Å²) >= 11 is 0. The van der Waals surface area contributed by atoms with E-state index in [0.717, 1.165) is 36.0 Å². The van der Waals surface area contributed by atoms with Gasteiger partial charge in [0.1, 0.15) is 11.4 Å². The minimum atomic E-state index is 0.540. The number of nitrogens with one attached hydrogen (secondary N) is 1. The predicted octanol–water partition coefficient (Wildman–Crippen LogP) is 2.63. The highest BCUT2D eigenvalue weighted by Crippen LogP contribution is 2.19. The number of nitrogens with zero attached hydrogens (tertiary/aromatic N) is 2. The fourth-order valence-electron chi connectivity index (χ4n) is 2.94. The molecule has 0 saturated carbocycles. The SMILES string of the molecule is C[C@@H]1CCCN1CCCOc1cnc2[nH]c(C=O)cc2c1. The second-order valence-corrected chi connectivity index (χ2v) is 5.68. The van der Waals surface area contributed by atoms with E-state index >= 15 is 0 Å². The van der Waals surface area contributed by atoms with Gasteiger partial charge in [0.25, 0.3) is 0 Å². The summed E-state index contributed by atoms with van der Waals surface area (Å²) in [5.41, 5.74) is 1.26. The van der Waals surface area contributed by atoms with Crippen LogP contribution in [-0.4, -0.2) is 46.9 Å². The number of aromatic amines is 1. The molecule has 2 aromatic rings. The zero-order chi connectivity index (χ0) is 14.7. The summed E-state index contributed by atoms with van der Waals surface area (Å²) in [7, 11) is 0. The predicted molar refractivity (Wildman–Crippen MR) is 81.9 cm³/mol. The third-order valence-electron chi connectivity index (χ3n) is 4.14. The first kappa shape index (κ1) is 14.1. The van der Waals surface area contributed by atoms with Crippen LogP contribution < -0.4 is 4.74 Å². The van der Waals surface area contributed by atoms with Gasteiger partial charge in [0.15, 0.2) is 6.29 Å². The number of carbonyl (C=O) groups is 1. The van der Waals surface area contributed by atoms with E-state index in [1.165, 1.54) is 19.4 Å². The average molecular weight is 287 g/mol. The highest BCUT2D eigenvalue weighted by molar-refractivity contribution is 5.86. The molecule has 0 unspecified atom stereocenters. The van der Waals surface area contributed by atoms with Crippen LogP contribution in [-0.2, 0) is 0 Å². The smallest absolute Gasteiger partial charge is 0.166 e. The zero-order valence-electron chi connectivity index (χ0n) is 12.3. The maximum Gasteiger partial charge on any atom is 0.166 e. The van der Waals surface area contributed by atoms with Gasteiger partial charge >= 0.3 is 0 Å². The molecule has 0 aromatic carbocycles. The van der Waals surface area contributed by atoms with E-state index in [4.69, 9.17) is 4.74 Å². The number of ether oxygens (including phenoxy) is 1. The highest BCUT2D eigenvalue weighted by Gasteiger charge is 2.19. The molecule has 3 heterocycles. The van der Waals surface area contributed by atoms with Crippen LogP contribution in [0.4, 0.5) is 0 Å². The van der Waals surface area contributed by atoms with Gasteiger partial charge in [-0.3, -0.25) is 4.79 Å². The Kier molecular flexibility index (Phi) is 4.20. The Bertz CT molecular complexity index is 623. The summed E-state index contributed by atoms with van der Waals surface area (Å²) in [6, 6.07) is 4.42. The molecule has 1 atom stereocenters. The lowest BCUT2D eigenvalue weighted by Gasteiger charge is -2.20. The van der Waals surface area contributed by atoms with Crippen LogP contribution in [0.1, 0.15) is 36.7 Å². The highest BCUT2D eigenvalue weighted by atomic mass is 16.5. The summed E-state index contributed by atoms with van der Waals surface area (Å²) in [5.74, 6) is 0.758. The van der Waals surface area contributed by atoms with Crippen LogP contribution in [0.25, 0.3) is 11.0 Å². The Labute approximate surface area is 124 Å². The Morgan fingerprint density at radius 1 is 1.52 bits per heavy atom. The zero-order valence-corrected chi connectivity index (χ0v) is 12.3. The normalized spacial score (nSPS) is 19.2. The van der Waals surface area contributed by atoms with Crippen molar-refractivity contribution in [3.63, 3.8) is 0 Å². The average Bonchev–Trinajstić information content (AvgIpc) is 3.09. The summed E-state index contributed by atoms with van der Waals surface area (Å²) in [6.07, 6.45) is 6.14. The van der Waals surface area contributed by atoms with Gasteiger partial charge in [-0.25, -0.2) is 4.98 Å². The first-order valence-electron chi connectivity index (χ1n) is 7.57. The topological polar surface area (TPSA) is 58.2 Å². The number of rotatable bonds is 6. The third kappa shape index (κ3) is 3.24.